The number of aliphatic hydroxyl groups is 3. The van der Waals surface area contributed by atoms with Crippen LogP contribution in [0.2, 0.25) is 0 Å². The van der Waals surface area contributed by atoms with Crippen LogP contribution in [-0.2, 0) is 18.1 Å². The van der Waals surface area contributed by atoms with Gasteiger partial charge in [-0.2, -0.15) is 0 Å². The third kappa shape index (κ3) is 9.67. The van der Waals surface area contributed by atoms with E-state index in [0.29, 0.717) is 0 Å². The summed E-state index contributed by atoms with van der Waals surface area (Å²) in [6, 6.07) is 0. The highest BCUT2D eigenvalue weighted by molar-refractivity contribution is 7.48. The van der Waals surface area contributed by atoms with E-state index in [2.05, 4.69) is 0 Å². The Balaban J connectivity index is 4.29. The molecule has 0 saturated heterocycles. The van der Waals surface area contributed by atoms with E-state index in [9.17, 15) is 4.57 Å². The van der Waals surface area contributed by atoms with Crippen LogP contribution in [0.3, 0.4) is 0 Å². The molecule has 0 rings (SSSR count). The summed E-state index contributed by atoms with van der Waals surface area (Å²) >= 11 is 0. The Morgan fingerprint density at radius 1 is 0.824 bits per heavy atom. The molecule has 0 aromatic rings. The van der Waals surface area contributed by atoms with Crippen molar-refractivity contribution in [1.29, 1.82) is 0 Å². The van der Waals surface area contributed by atoms with Crippen molar-refractivity contribution in [3.8, 4) is 0 Å². The van der Waals surface area contributed by atoms with Crippen molar-refractivity contribution in [1.82, 2.24) is 0 Å². The summed E-state index contributed by atoms with van der Waals surface area (Å²) in [5, 5.41) is 27.0. The van der Waals surface area contributed by atoms with E-state index >= 15 is 0 Å². The average molecular weight is 272 g/mol. The fourth-order valence-electron chi connectivity index (χ4n) is 0.709. The minimum Gasteiger partial charge on any atom is -0.391 e. The van der Waals surface area contributed by atoms with E-state index in [1.807, 2.05) is 0 Å². The summed E-state index contributed by atoms with van der Waals surface area (Å²) in [5.74, 6) is 0. The molecular weight excluding hydrogens is 251 g/mol. The van der Waals surface area contributed by atoms with E-state index in [1.54, 1.807) is 0 Å². The molecule has 17 heavy (non-hydrogen) atoms. The summed E-state index contributed by atoms with van der Waals surface area (Å²) in [7, 11) is -3.86. The molecule has 3 N–H and O–H groups in total. The summed E-state index contributed by atoms with van der Waals surface area (Å²) < 4.78 is 26.4. The largest absolute Gasteiger partial charge is 0.475 e. The normalized spacial score (nSPS) is 20.6. The summed E-state index contributed by atoms with van der Waals surface area (Å²) in [6.07, 6.45) is -2.48. The Bertz CT molecular complexity index is 203. The maximum absolute atomic E-state index is 11.9. The van der Waals surface area contributed by atoms with Crippen molar-refractivity contribution in [2.24, 2.45) is 0 Å². The van der Waals surface area contributed by atoms with Gasteiger partial charge in [0, 0.05) is 0 Å². The molecule has 0 saturated carbocycles. The fraction of sp³-hybridized carbons (Fsp3) is 1.00. The summed E-state index contributed by atoms with van der Waals surface area (Å²) in [6.45, 7) is 3.68. The standard InChI is InChI=1S/C9H21O7P/c1-7(10)4-14-17(13,15-5-8(2)11)16-6-9(3)12/h7-12H,4-6H2,1-3H3. The molecule has 0 aliphatic heterocycles. The molecule has 0 spiro atoms. The molecule has 7 nitrogen and oxygen atoms in total. The van der Waals surface area contributed by atoms with Crippen molar-refractivity contribution >= 4 is 7.82 Å². The Kier molecular flexibility index (Phi) is 8.15. The van der Waals surface area contributed by atoms with Crippen LogP contribution in [0.15, 0.2) is 0 Å². The van der Waals surface area contributed by atoms with E-state index in [0.717, 1.165) is 0 Å². The lowest BCUT2D eigenvalue weighted by atomic mass is 10.5. The first kappa shape index (κ1) is 17.0. The monoisotopic (exact) mass is 272 g/mol. The van der Waals surface area contributed by atoms with Crippen molar-refractivity contribution in [2.45, 2.75) is 39.1 Å². The smallest absolute Gasteiger partial charge is 0.391 e. The van der Waals surface area contributed by atoms with E-state index in [1.165, 1.54) is 20.8 Å². The highest BCUT2D eigenvalue weighted by Gasteiger charge is 2.28. The van der Waals surface area contributed by atoms with Gasteiger partial charge in [0.25, 0.3) is 0 Å². The van der Waals surface area contributed by atoms with Crippen LogP contribution in [0.4, 0.5) is 0 Å². The fourth-order valence-corrected chi connectivity index (χ4v) is 2.13. The van der Waals surface area contributed by atoms with Crippen LogP contribution < -0.4 is 0 Å². The first-order chi connectivity index (χ1) is 7.75. The van der Waals surface area contributed by atoms with E-state index < -0.39 is 26.1 Å². The maximum Gasteiger partial charge on any atom is 0.475 e. The molecule has 0 aromatic heterocycles. The Morgan fingerprint density at radius 3 is 1.24 bits per heavy atom. The number of hydrogen-bond acceptors (Lipinski definition) is 7. The molecule has 0 aliphatic rings. The molecule has 0 radical (unpaired) electrons. The summed E-state index contributed by atoms with van der Waals surface area (Å²) in [5.41, 5.74) is 0. The first-order valence-electron chi connectivity index (χ1n) is 5.33. The van der Waals surface area contributed by atoms with Gasteiger partial charge >= 0.3 is 7.82 Å². The third-order valence-corrected chi connectivity index (χ3v) is 2.82. The molecule has 8 heteroatoms. The maximum atomic E-state index is 11.9. The van der Waals surface area contributed by atoms with E-state index in [4.69, 9.17) is 28.9 Å². The molecule has 0 aromatic carbocycles. The molecule has 3 unspecified atom stereocenters. The lowest BCUT2D eigenvalue weighted by Gasteiger charge is -2.20. The lowest BCUT2D eigenvalue weighted by molar-refractivity contribution is 0.0293. The second-order valence-corrected chi connectivity index (χ2v) is 5.55. The second kappa shape index (κ2) is 8.16. The van der Waals surface area contributed by atoms with Gasteiger partial charge in [0.05, 0.1) is 38.1 Å². The Morgan fingerprint density at radius 2 is 1.06 bits per heavy atom. The minimum absolute atomic E-state index is 0.225. The van der Waals surface area contributed by atoms with Gasteiger partial charge in [-0.25, -0.2) is 4.57 Å². The van der Waals surface area contributed by atoms with Gasteiger partial charge in [-0.1, -0.05) is 0 Å². The first-order valence-corrected chi connectivity index (χ1v) is 6.79. The number of phosphoric acid groups is 1. The molecule has 0 aliphatic carbocycles. The Hall–Kier alpha value is -0.0100. The van der Waals surface area contributed by atoms with Crippen LogP contribution in [0.5, 0.6) is 0 Å². The molecular formula is C9H21O7P. The topological polar surface area (TPSA) is 105 Å². The summed E-state index contributed by atoms with van der Waals surface area (Å²) in [4.78, 5) is 0. The zero-order valence-corrected chi connectivity index (χ0v) is 11.2. The van der Waals surface area contributed by atoms with Gasteiger partial charge < -0.3 is 15.3 Å². The molecule has 3 atom stereocenters. The number of phosphoric ester groups is 1. The third-order valence-electron chi connectivity index (χ3n) is 1.42. The van der Waals surface area contributed by atoms with Crippen LogP contribution in [0.25, 0.3) is 0 Å². The van der Waals surface area contributed by atoms with Crippen LogP contribution in [0.1, 0.15) is 20.8 Å². The van der Waals surface area contributed by atoms with Crippen molar-refractivity contribution in [3.05, 3.63) is 0 Å². The van der Waals surface area contributed by atoms with Crippen molar-refractivity contribution in [2.75, 3.05) is 19.8 Å². The zero-order valence-electron chi connectivity index (χ0n) is 10.3. The van der Waals surface area contributed by atoms with Gasteiger partial charge in [0.1, 0.15) is 0 Å². The van der Waals surface area contributed by atoms with Gasteiger partial charge in [0.2, 0.25) is 0 Å². The average Bonchev–Trinajstić information content (AvgIpc) is 2.21. The van der Waals surface area contributed by atoms with Crippen LogP contribution in [-0.4, -0.2) is 53.5 Å². The van der Waals surface area contributed by atoms with Crippen LogP contribution >= 0.6 is 7.82 Å². The number of hydrogen-bond donors (Lipinski definition) is 3. The molecule has 0 amide bonds. The van der Waals surface area contributed by atoms with Crippen molar-refractivity contribution in [3.63, 3.8) is 0 Å². The lowest BCUT2D eigenvalue weighted by Crippen LogP contribution is -2.17. The second-order valence-electron chi connectivity index (χ2n) is 3.88. The Labute approximate surface area is 101 Å². The predicted octanol–water partition coefficient (Wildman–Crippen LogP) is 0.287. The van der Waals surface area contributed by atoms with Gasteiger partial charge in [0.15, 0.2) is 0 Å². The number of rotatable bonds is 9. The molecule has 0 bridgehead atoms. The van der Waals surface area contributed by atoms with Crippen LogP contribution in [0, 0.1) is 0 Å². The molecule has 104 valence electrons. The van der Waals surface area contributed by atoms with E-state index in [-0.39, 0.29) is 19.8 Å². The SMILES string of the molecule is CC(O)COP(=O)(OCC(C)O)OCC(C)O. The highest BCUT2D eigenvalue weighted by atomic mass is 31.2. The van der Waals surface area contributed by atoms with Crippen molar-refractivity contribution < 1.29 is 33.5 Å². The quantitative estimate of drug-likeness (QED) is 0.518. The minimum atomic E-state index is -3.86. The highest BCUT2D eigenvalue weighted by Crippen LogP contribution is 2.49. The predicted molar refractivity (Wildman–Crippen MR) is 60.5 cm³/mol. The van der Waals surface area contributed by atoms with Gasteiger partial charge in [-0.3, -0.25) is 13.6 Å². The van der Waals surface area contributed by atoms with Gasteiger partial charge in [-0.15, -0.1) is 0 Å². The zero-order chi connectivity index (χ0) is 13.5. The van der Waals surface area contributed by atoms with Gasteiger partial charge in [-0.05, 0) is 20.8 Å². The molecule has 0 fully saturated rings. The molecule has 0 heterocycles. The number of aliphatic hydroxyl groups excluding tert-OH is 3.